The Morgan fingerprint density at radius 1 is 1.12 bits per heavy atom. The summed E-state index contributed by atoms with van der Waals surface area (Å²) in [5, 5.41) is 10.0. The number of amides is 1. The minimum Gasteiger partial charge on any atom is -0.478 e. The first-order valence-electron chi connectivity index (χ1n) is 10.7. The number of hydrogen-bond donors (Lipinski definition) is 2. The summed E-state index contributed by atoms with van der Waals surface area (Å²) in [4.78, 5) is 28.9. The lowest BCUT2D eigenvalue weighted by atomic mass is 10.1. The maximum absolute atomic E-state index is 13.0. The van der Waals surface area contributed by atoms with Gasteiger partial charge in [0.1, 0.15) is 5.60 Å². The smallest absolute Gasteiger partial charge is 0.410 e. The zero-order valence-electron chi connectivity index (χ0n) is 19.0. The van der Waals surface area contributed by atoms with Crippen LogP contribution in [0.2, 0.25) is 0 Å². The van der Waals surface area contributed by atoms with Gasteiger partial charge in [0.2, 0.25) is 0 Å². The Morgan fingerprint density at radius 2 is 1.88 bits per heavy atom. The molecule has 0 spiro atoms. The Labute approximate surface area is 188 Å². The van der Waals surface area contributed by atoms with Crippen molar-refractivity contribution in [3.05, 3.63) is 77.0 Å². The number of aliphatic carboxylic acids is 1. The number of hydrogen-bond acceptors (Lipinski definition) is 3. The molecule has 1 aromatic heterocycles. The largest absolute Gasteiger partial charge is 0.478 e. The number of H-pyrrole nitrogens is 1. The van der Waals surface area contributed by atoms with Gasteiger partial charge in [-0.3, -0.25) is 0 Å². The van der Waals surface area contributed by atoms with Crippen molar-refractivity contribution in [2.75, 3.05) is 6.54 Å². The molecule has 32 heavy (non-hydrogen) atoms. The van der Waals surface area contributed by atoms with E-state index in [0.717, 1.165) is 33.8 Å². The number of rotatable bonds is 7. The molecule has 1 heterocycles. The fourth-order valence-corrected chi connectivity index (χ4v) is 3.65. The number of carboxylic acids is 1. The fourth-order valence-electron chi connectivity index (χ4n) is 3.65. The number of aromatic amines is 1. The number of ether oxygens (including phenoxy) is 1. The number of carbonyl (C=O) groups excluding carboxylic acids is 1. The molecule has 1 amide bonds. The van der Waals surface area contributed by atoms with Crippen LogP contribution in [0.15, 0.2) is 54.6 Å². The first-order valence-corrected chi connectivity index (χ1v) is 10.7. The molecule has 0 bridgehead atoms. The first kappa shape index (κ1) is 23.1. The van der Waals surface area contributed by atoms with Gasteiger partial charge in [-0.05, 0) is 69.0 Å². The van der Waals surface area contributed by atoms with Crippen LogP contribution in [0, 0.1) is 6.92 Å². The molecule has 3 aromatic rings. The van der Waals surface area contributed by atoms with Crippen LogP contribution in [0.1, 0.15) is 43.2 Å². The van der Waals surface area contributed by atoms with Crippen molar-refractivity contribution in [2.45, 2.75) is 46.3 Å². The van der Waals surface area contributed by atoms with E-state index in [4.69, 9.17) is 9.84 Å². The van der Waals surface area contributed by atoms with Gasteiger partial charge in [0.25, 0.3) is 0 Å². The summed E-state index contributed by atoms with van der Waals surface area (Å²) in [6.07, 6.45) is 2.96. The third-order valence-corrected chi connectivity index (χ3v) is 5.05. The van der Waals surface area contributed by atoms with Gasteiger partial charge in [0.05, 0.1) is 0 Å². The number of aromatic nitrogens is 1. The van der Waals surface area contributed by atoms with Crippen LogP contribution in [0.25, 0.3) is 17.0 Å². The molecule has 0 aliphatic heterocycles. The Kier molecular flexibility index (Phi) is 7.03. The van der Waals surface area contributed by atoms with Crippen LogP contribution in [-0.4, -0.2) is 39.2 Å². The molecule has 0 saturated carbocycles. The first-order chi connectivity index (χ1) is 15.1. The lowest BCUT2D eigenvalue weighted by Crippen LogP contribution is -2.37. The van der Waals surface area contributed by atoms with Crippen LogP contribution >= 0.6 is 0 Å². The molecule has 0 atom stereocenters. The van der Waals surface area contributed by atoms with E-state index in [0.29, 0.717) is 19.5 Å². The minimum absolute atomic E-state index is 0.366. The molecule has 2 N–H and O–H groups in total. The number of nitrogens with one attached hydrogen (secondary N) is 1. The third kappa shape index (κ3) is 6.23. The number of aryl methyl sites for hydroxylation is 1. The Morgan fingerprint density at radius 3 is 2.59 bits per heavy atom. The average molecular weight is 435 g/mol. The van der Waals surface area contributed by atoms with E-state index in [2.05, 4.69) is 11.1 Å². The van der Waals surface area contributed by atoms with Crippen molar-refractivity contribution in [3.63, 3.8) is 0 Å². The second-order valence-electron chi connectivity index (χ2n) is 8.84. The highest BCUT2D eigenvalue weighted by Gasteiger charge is 2.23. The van der Waals surface area contributed by atoms with E-state index in [1.807, 2.05) is 70.2 Å². The number of carboxylic acid groups (broad SMARTS) is 1. The molecule has 0 unspecified atom stereocenters. The highest BCUT2D eigenvalue weighted by molar-refractivity contribution is 5.85. The molecule has 168 valence electrons. The highest BCUT2D eigenvalue weighted by Crippen LogP contribution is 2.23. The van der Waals surface area contributed by atoms with Gasteiger partial charge in [-0.2, -0.15) is 0 Å². The van der Waals surface area contributed by atoms with Crippen molar-refractivity contribution < 1.29 is 19.4 Å². The predicted octanol–water partition coefficient (Wildman–Crippen LogP) is 5.55. The molecular weight excluding hydrogens is 404 g/mol. The van der Waals surface area contributed by atoms with Crippen molar-refractivity contribution in [1.29, 1.82) is 0 Å². The van der Waals surface area contributed by atoms with E-state index in [1.165, 1.54) is 5.56 Å². The van der Waals surface area contributed by atoms with Gasteiger partial charge in [-0.25, -0.2) is 9.59 Å². The SMILES string of the molecule is Cc1[nH]c2ccccc2c1CCN(Cc1cccc(/C=C/C(=O)O)c1)C(=O)OC(C)(C)C. The summed E-state index contributed by atoms with van der Waals surface area (Å²) in [7, 11) is 0. The molecule has 6 heteroatoms. The zero-order valence-corrected chi connectivity index (χ0v) is 19.0. The Balaban J connectivity index is 1.82. The van der Waals surface area contributed by atoms with Gasteiger partial charge in [0, 0.05) is 35.8 Å². The summed E-state index contributed by atoms with van der Waals surface area (Å²) in [6, 6.07) is 15.6. The monoisotopic (exact) mass is 434 g/mol. The molecule has 3 rings (SSSR count). The Bertz CT molecular complexity index is 1140. The molecule has 0 fully saturated rings. The number of benzene rings is 2. The number of fused-ring (bicyclic) bond motifs is 1. The summed E-state index contributed by atoms with van der Waals surface area (Å²) in [5.74, 6) is -1.00. The predicted molar refractivity (Wildman–Crippen MR) is 126 cm³/mol. The van der Waals surface area contributed by atoms with E-state index in [1.54, 1.807) is 11.0 Å². The van der Waals surface area contributed by atoms with E-state index in [9.17, 15) is 9.59 Å². The van der Waals surface area contributed by atoms with Crippen LogP contribution in [0.5, 0.6) is 0 Å². The third-order valence-electron chi connectivity index (χ3n) is 5.05. The van der Waals surface area contributed by atoms with E-state index >= 15 is 0 Å². The summed E-state index contributed by atoms with van der Waals surface area (Å²) >= 11 is 0. The lowest BCUT2D eigenvalue weighted by Gasteiger charge is -2.27. The molecule has 0 aliphatic carbocycles. The second-order valence-corrected chi connectivity index (χ2v) is 8.84. The van der Waals surface area contributed by atoms with Crippen molar-refractivity contribution >= 4 is 29.0 Å². The van der Waals surface area contributed by atoms with Gasteiger partial charge in [-0.15, -0.1) is 0 Å². The van der Waals surface area contributed by atoms with Gasteiger partial charge >= 0.3 is 12.1 Å². The molecule has 6 nitrogen and oxygen atoms in total. The normalized spacial score (nSPS) is 11.8. The molecule has 0 saturated heterocycles. The standard InChI is InChI=1S/C26H30N2O4/c1-18-21(22-10-5-6-11-23(22)27-18)14-15-28(25(31)32-26(2,3)4)17-20-9-7-8-19(16-20)12-13-24(29)30/h5-13,16,27H,14-15,17H2,1-4H3,(H,29,30)/b13-12+. The molecule has 2 aromatic carbocycles. The van der Waals surface area contributed by atoms with E-state index < -0.39 is 11.6 Å². The van der Waals surface area contributed by atoms with Crippen molar-refractivity contribution in [2.24, 2.45) is 0 Å². The fraction of sp³-hybridized carbons (Fsp3) is 0.308. The quantitative estimate of drug-likeness (QED) is 0.477. The van der Waals surface area contributed by atoms with Gasteiger partial charge in [-0.1, -0.05) is 36.4 Å². The van der Waals surface area contributed by atoms with Crippen molar-refractivity contribution in [3.8, 4) is 0 Å². The van der Waals surface area contributed by atoms with Gasteiger partial charge < -0.3 is 19.7 Å². The maximum Gasteiger partial charge on any atom is 0.410 e. The number of para-hydroxylation sites is 1. The zero-order chi connectivity index (χ0) is 23.3. The maximum atomic E-state index is 13.0. The van der Waals surface area contributed by atoms with Crippen LogP contribution in [-0.2, 0) is 22.5 Å². The molecule has 0 aliphatic rings. The summed E-state index contributed by atoms with van der Waals surface area (Å²) < 4.78 is 5.66. The second kappa shape index (κ2) is 9.73. The highest BCUT2D eigenvalue weighted by atomic mass is 16.6. The summed E-state index contributed by atoms with van der Waals surface area (Å²) in [5.41, 5.74) is 4.43. The van der Waals surface area contributed by atoms with Crippen LogP contribution < -0.4 is 0 Å². The topological polar surface area (TPSA) is 82.6 Å². The van der Waals surface area contributed by atoms with E-state index in [-0.39, 0.29) is 6.09 Å². The van der Waals surface area contributed by atoms with Crippen molar-refractivity contribution in [1.82, 2.24) is 9.88 Å². The van der Waals surface area contributed by atoms with Gasteiger partial charge in [0.15, 0.2) is 0 Å². The minimum atomic E-state index is -1.00. The Hall–Kier alpha value is -3.54. The summed E-state index contributed by atoms with van der Waals surface area (Å²) in [6.45, 7) is 8.46. The number of nitrogens with zero attached hydrogens (tertiary/aromatic N) is 1. The molecule has 0 radical (unpaired) electrons. The van der Waals surface area contributed by atoms with Crippen LogP contribution in [0.3, 0.4) is 0 Å². The average Bonchev–Trinajstić information content (AvgIpc) is 3.03. The lowest BCUT2D eigenvalue weighted by molar-refractivity contribution is -0.131. The van der Waals surface area contributed by atoms with Crippen LogP contribution in [0.4, 0.5) is 4.79 Å². The molecular formula is C26H30N2O4. The number of carbonyl (C=O) groups is 2.